The second-order valence-electron chi connectivity index (χ2n) is 2.08. The van der Waals surface area contributed by atoms with Crippen LogP contribution in [0.3, 0.4) is 0 Å². The highest BCUT2D eigenvalue weighted by Crippen LogP contribution is 2.18. The van der Waals surface area contributed by atoms with Crippen LogP contribution < -0.4 is 0 Å². The summed E-state index contributed by atoms with van der Waals surface area (Å²) in [5.41, 5.74) is 0. The minimum atomic E-state index is 0.648. The van der Waals surface area contributed by atoms with Gasteiger partial charge in [0.2, 0.25) is 0 Å². The lowest BCUT2D eigenvalue weighted by atomic mass is 10.2. The molecule has 0 aliphatic carbocycles. The summed E-state index contributed by atoms with van der Waals surface area (Å²) in [6.45, 7) is 4.37. The predicted octanol–water partition coefficient (Wildman–Crippen LogP) is 2.67. The highest BCUT2D eigenvalue weighted by atomic mass is 32.1. The van der Waals surface area contributed by atoms with Gasteiger partial charge in [0, 0.05) is 4.88 Å². The molecule has 1 radical (unpaired) electrons. The first-order valence-electron chi connectivity index (χ1n) is 2.76. The first kappa shape index (κ1) is 5.83. The van der Waals surface area contributed by atoms with Crippen molar-refractivity contribution in [1.29, 1.82) is 0 Å². The SMILES string of the molecule is CC(C)c1[c]ccs1. The van der Waals surface area contributed by atoms with Gasteiger partial charge in [-0.3, -0.25) is 0 Å². The number of hydrogen-bond donors (Lipinski definition) is 0. The summed E-state index contributed by atoms with van der Waals surface area (Å²) in [6, 6.07) is 5.13. The van der Waals surface area contributed by atoms with Crippen molar-refractivity contribution in [2.75, 3.05) is 0 Å². The van der Waals surface area contributed by atoms with E-state index in [9.17, 15) is 0 Å². The summed E-state index contributed by atoms with van der Waals surface area (Å²) in [7, 11) is 0. The van der Waals surface area contributed by atoms with Crippen LogP contribution in [0.4, 0.5) is 0 Å². The lowest BCUT2D eigenvalue weighted by Crippen LogP contribution is -1.77. The van der Waals surface area contributed by atoms with Crippen molar-refractivity contribution in [2.45, 2.75) is 19.8 Å². The Morgan fingerprint density at radius 2 is 2.38 bits per heavy atom. The molecule has 1 heteroatoms. The van der Waals surface area contributed by atoms with Crippen molar-refractivity contribution in [1.82, 2.24) is 0 Å². The van der Waals surface area contributed by atoms with E-state index in [1.165, 1.54) is 4.88 Å². The van der Waals surface area contributed by atoms with E-state index >= 15 is 0 Å². The van der Waals surface area contributed by atoms with E-state index in [0.717, 1.165) is 0 Å². The van der Waals surface area contributed by atoms with Gasteiger partial charge in [-0.15, -0.1) is 11.3 Å². The minimum absolute atomic E-state index is 0.648. The van der Waals surface area contributed by atoms with Crippen LogP contribution in [0.1, 0.15) is 24.6 Å². The Morgan fingerprint density at radius 1 is 1.62 bits per heavy atom. The Kier molecular flexibility index (Phi) is 1.69. The Hall–Kier alpha value is -0.300. The lowest BCUT2D eigenvalue weighted by molar-refractivity contribution is 0.888. The number of rotatable bonds is 1. The van der Waals surface area contributed by atoms with Crippen molar-refractivity contribution in [2.24, 2.45) is 0 Å². The Morgan fingerprint density at radius 3 is 2.62 bits per heavy atom. The van der Waals surface area contributed by atoms with E-state index in [1.807, 2.05) is 6.07 Å². The van der Waals surface area contributed by atoms with Crippen molar-refractivity contribution < 1.29 is 0 Å². The van der Waals surface area contributed by atoms with Gasteiger partial charge in [-0.25, -0.2) is 0 Å². The zero-order valence-electron chi connectivity index (χ0n) is 5.14. The fraction of sp³-hybridized carbons (Fsp3) is 0.429. The average molecular weight is 125 g/mol. The third-order valence-corrected chi connectivity index (χ3v) is 2.13. The molecule has 0 aliphatic rings. The number of hydrogen-bond acceptors (Lipinski definition) is 1. The van der Waals surface area contributed by atoms with E-state index < -0.39 is 0 Å². The van der Waals surface area contributed by atoms with E-state index in [2.05, 4.69) is 25.3 Å². The zero-order chi connectivity index (χ0) is 5.98. The Balaban J connectivity index is 2.77. The maximum absolute atomic E-state index is 3.16. The van der Waals surface area contributed by atoms with Crippen LogP contribution in [0.25, 0.3) is 0 Å². The first-order chi connectivity index (χ1) is 3.80. The molecule has 0 fully saturated rings. The third-order valence-electron chi connectivity index (χ3n) is 1.01. The molecule has 8 heavy (non-hydrogen) atoms. The molecule has 1 aromatic rings. The smallest absolute Gasteiger partial charge is 0.0149 e. The summed E-state index contributed by atoms with van der Waals surface area (Å²) in [6.07, 6.45) is 0. The van der Waals surface area contributed by atoms with Crippen molar-refractivity contribution in [3.05, 3.63) is 22.4 Å². The standard InChI is InChI=1S/C7H9S/c1-6(2)7-4-3-5-8-7/h3,5-6H,1-2H3. The van der Waals surface area contributed by atoms with Gasteiger partial charge >= 0.3 is 0 Å². The monoisotopic (exact) mass is 125 g/mol. The molecule has 0 saturated carbocycles. The van der Waals surface area contributed by atoms with Crippen LogP contribution >= 0.6 is 11.3 Å². The van der Waals surface area contributed by atoms with E-state index in [-0.39, 0.29) is 0 Å². The second-order valence-corrected chi connectivity index (χ2v) is 3.03. The summed E-state index contributed by atoms with van der Waals surface area (Å²) >= 11 is 1.78. The van der Waals surface area contributed by atoms with Crippen LogP contribution in [-0.4, -0.2) is 0 Å². The topological polar surface area (TPSA) is 0 Å². The maximum Gasteiger partial charge on any atom is 0.0149 e. The second kappa shape index (κ2) is 2.31. The lowest BCUT2D eigenvalue weighted by Gasteiger charge is -1.95. The molecule has 0 nitrogen and oxygen atoms in total. The molecule has 1 aromatic heterocycles. The molecule has 0 aromatic carbocycles. The maximum atomic E-state index is 3.16. The van der Waals surface area contributed by atoms with Gasteiger partial charge in [0.15, 0.2) is 0 Å². The normalized spacial score (nSPS) is 10.4. The van der Waals surface area contributed by atoms with Crippen LogP contribution in [0.15, 0.2) is 11.4 Å². The van der Waals surface area contributed by atoms with Crippen LogP contribution in [0.5, 0.6) is 0 Å². The highest BCUT2D eigenvalue weighted by molar-refractivity contribution is 7.09. The zero-order valence-corrected chi connectivity index (χ0v) is 5.96. The highest BCUT2D eigenvalue weighted by Gasteiger charge is 1.96. The Labute approximate surface area is 54.2 Å². The molecule has 43 valence electrons. The van der Waals surface area contributed by atoms with Gasteiger partial charge in [-0.05, 0) is 23.4 Å². The van der Waals surface area contributed by atoms with E-state index in [4.69, 9.17) is 0 Å². The average Bonchev–Trinajstić information content (AvgIpc) is 2.12. The van der Waals surface area contributed by atoms with Gasteiger partial charge < -0.3 is 0 Å². The van der Waals surface area contributed by atoms with Gasteiger partial charge in [0.25, 0.3) is 0 Å². The molecule has 0 unspecified atom stereocenters. The number of thiophene rings is 1. The Bertz CT molecular complexity index is 139. The van der Waals surface area contributed by atoms with Gasteiger partial charge in [-0.2, -0.15) is 0 Å². The van der Waals surface area contributed by atoms with Crippen molar-refractivity contribution in [3.63, 3.8) is 0 Å². The minimum Gasteiger partial charge on any atom is -0.148 e. The summed E-state index contributed by atoms with van der Waals surface area (Å²) in [4.78, 5) is 1.35. The molecule has 0 bridgehead atoms. The molecular formula is C7H9S. The van der Waals surface area contributed by atoms with Gasteiger partial charge in [-0.1, -0.05) is 13.8 Å². The molecule has 0 saturated heterocycles. The molecule has 1 heterocycles. The van der Waals surface area contributed by atoms with Gasteiger partial charge in [0.1, 0.15) is 0 Å². The fourth-order valence-corrected chi connectivity index (χ4v) is 1.25. The molecular weight excluding hydrogens is 116 g/mol. The van der Waals surface area contributed by atoms with Gasteiger partial charge in [0.05, 0.1) is 0 Å². The molecule has 0 N–H and O–H groups in total. The molecule has 0 atom stereocenters. The van der Waals surface area contributed by atoms with Crippen LogP contribution in [0.2, 0.25) is 0 Å². The fourth-order valence-electron chi connectivity index (χ4n) is 0.560. The molecule has 0 spiro atoms. The predicted molar refractivity (Wildman–Crippen MR) is 37.2 cm³/mol. The molecule has 0 amide bonds. The summed E-state index contributed by atoms with van der Waals surface area (Å²) in [5, 5.41) is 2.06. The molecule has 0 aliphatic heterocycles. The first-order valence-corrected chi connectivity index (χ1v) is 3.63. The van der Waals surface area contributed by atoms with E-state index in [1.54, 1.807) is 11.3 Å². The van der Waals surface area contributed by atoms with Crippen LogP contribution in [-0.2, 0) is 0 Å². The third kappa shape index (κ3) is 1.10. The van der Waals surface area contributed by atoms with Crippen LogP contribution in [0, 0.1) is 6.07 Å². The largest absolute Gasteiger partial charge is 0.148 e. The van der Waals surface area contributed by atoms with E-state index in [0.29, 0.717) is 5.92 Å². The quantitative estimate of drug-likeness (QED) is 0.541. The summed E-state index contributed by atoms with van der Waals surface area (Å²) < 4.78 is 0. The van der Waals surface area contributed by atoms with Crippen molar-refractivity contribution >= 4 is 11.3 Å². The summed E-state index contributed by atoms with van der Waals surface area (Å²) in [5.74, 6) is 0.648. The van der Waals surface area contributed by atoms with Crippen molar-refractivity contribution in [3.8, 4) is 0 Å². The molecule has 1 rings (SSSR count).